The summed E-state index contributed by atoms with van der Waals surface area (Å²) in [4.78, 5) is 25.9. The van der Waals surface area contributed by atoms with Crippen LogP contribution in [0.5, 0.6) is 0 Å². The minimum absolute atomic E-state index is 0.247. The fourth-order valence-corrected chi connectivity index (χ4v) is 3.10. The van der Waals surface area contributed by atoms with E-state index in [1.165, 1.54) is 12.8 Å². The summed E-state index contributed by atoms with van der Waals surface area (Å²) in [5.41, 5.74) is -0.349. The van der Waals surface area contributed by atoms with Crippen LogP contribution in [-0.2, 0) is 9.53 Å². The van der Waals surface area contributed by atoms with Crippen molar-refractivity contribution in [3.8, 4) is 0 Å². The predicted molar refractivity (Wildman–Crippen MR) is 80.0 cm³/mol. The Morgan fingerprint density at radius 2 is 1.95 bits per heavy atom. The van der Waals surface area contributed by atoms with E-state index in [-0.39, 0.29) is 24.1 Å². The largest absolute Gasteiger partial charge is 0.375 e. The molecule has 120 valence electrons. The van der Waals surface area contributed by atoms with Gasteiger partial charge in [-0.2, -0.15) is 0 Å². The van der Waals surface area contributed by atoms with Crippen molar-refractivity contribution >= 4 is 11.9 Å². The number of carbonyl (C=O) groups is 2. The summed E-state index contributed by atoms with van der Waals surface area (Å²) >= 11 is 0. The summed E-state index contributed by atoms with van der Waals surface area (Å²) in [6.45, 7) is 7.34. The molecule has 1 aliphatic carbocycles. The van der Waals surface area contributed by atoms with Crippen molar-refractivity contribution in [2.45, 2.75) is 64.1 Å². The third-order valence-corrected chi connectivity index (χ3v) is 3.94. The van der Waals surface area contributed by atoms with Crippen LogP contribution in [0.1, 0.15) is 46.5 Å². The first-order valence-electron chi connectivity index (χ1n) is 7.83. The van der Waals surface area contributed by atoms with E-state index in [2.05, 4.69) is 15.5 Å². The Hall–Kier alpha value is -1.14. The van der Waals surface area contributed by atoms with Gasteiger partial charge in [0.2, 0.25) is 5.91 Å². The van der Waals surface area contributed by atoms with Gasteiger partial charge < -0.3 is 10.1 Å². The summed E-state index contributed by atoms with van der Waals surface area (Å²) < 4.78 is 5.79. The highest BCUT2D eigenvalue weighted by Gasteiger charge is 2.35. The number of fused-ring (bicyclic) bond motifs is 1. The van der Waals surface area contributed by atoms with Gasteiger partial charge in [0, 0.05) is 18.1 Å². The van der Waals surface area contributed by atoms with Gasteiger partial charge in [-0.05, 0) is 33.6 Å². The van der Waals surface area contributed by atoms with Crippen LogP contribution >= 0.6 is 0 Å². The SMILES string of the molecule is CC(C)(C)NC(=O)NC(=O)CN1CCO[C@H]2CCCC[C@H]21. The summed E-state index contributed by atoms with van der Waals surface area (Å²) in [6, 6.07) is -0.107. The van der Waals surface area contributed by atoms with Gasteiger partial charge >= 0.3 is 6.03 Å². The number of nitrogens with one attached hydrogen (secondary N) is 2. The molecule has 0 bridgehead atoms. The van der Waals surface area contributed by atoms with Crippen molar-refractivity contribution in [2.24, 2.45) is 0 Å². The number of nitrogens with zero attached hydrogens (tertiary/aromatic N) is 1. The molecule has 1 saturated heterocycles. The molecule has 0 spiro atoms. The highest BCUT2D eigenvalue weighted by Crippen LogP contribution is 2.28. The zero-order valence-corrected chi connectivity index (χ0v) is 13.3. The first-order valence-corrected chi connectivity index (χ1v) is 7.83. The van der Waals surface area contributed by atoms with Gasteiger partial charge in [0.05, 0.1) is 19.3 Å². The maximum absolute atomic E-state index is 12.0. The highest BCUT2D eigenvalue weighted by atomic mass is 16.5. The topological polar surface area (TPSA) is 70.7 Å². The molecule has 0 aromatic heterocycles. The molecule has 2 fully saturated rings. The maximum Gasteiger partial charge on any atom is 0.321 e. The molecule has 6 nitrogen and oxygen atoms in total. The molecule has 2 aliphatic rings. The van der Waals surface area contributed by atoms with E-state index in [9.17, 15) is 9.59 Å². The van der Waals surface area contributed by atoms with Crippen LogP contribution in [0.3, 0.4) is 0 Å². The van der Waals surface area contributed by atoms with Crippen molar-refractivity contribution in [1.82, 2.24) is 15.5 Å². The molecule has 1 saturated carbocycles. The summed E-state index contributed by atoms with van der Waals surface area (Å²) in [6.07, 6.45) is 4.80. The quantitative estimate of drug-likeness (QED) is 0.805. The Balaban J connectivity index is 1.82. The summed E-state index contributed by atoms with van der Waals surface area (Å²) in [7, 11) is 0. The Bertz CT molecular complexity index is 390. The van der Waals surface area contributed by atoms with E-state index in [4.69, 9.17) is 4.74 Å². The van der Waals surface area contributed by atoms with Crippen LogP contribution in [0.4, 0.5) is 4.79 Å². The van der Waals surface area contributed by atoms with Crippen LogP contribution in [-0.4, -0.2) is 54.2 Å². The van der Waals surface area contributed by atoms with Crippen molar-refractivity contribution in [3.05, 3.63) is 0 Å². The fourth-order valence-electron chi connectivity index (χ4n) is 3.10. The zero-order valence-electron chi connectivity index (χ0n) is 13.3. The molecular weight excluding hydrogens is 270 g/mol. The van der Waals surface area contributed by atoms with E-state index in [1.807, 2.05) is 20.8 Å². The van der Waals surface area contributed by atoms with Crippen molar-refractivity contribution in [3.63, 3.8) is 0 Å². The normalized spacial score (nSPS) is 26.8. The van der Waals surface area contributed by atoms with Crippen molar-refractivity contribution in [2.75, 3.05) is 19.7 Å². The minimum Gasteiger partial charge on any atom is -0.375 e. The van der Waals surface area contributed by atoms with Crippen molar-refractivity contribution in [1.29, 1.82) is 0 Å². The zero-order chi connectivity index (χ0) is 15.5. The molecule has 6 heteroatoms. The lowest BCUT2D eigenvalue weighted by Gasteiger charge is -2.43. The van der Waals surface area contributed by atoms with Crippen LogP contribution < -0.4 is 10.6 Å². The van der Waals surface area contributed by atoms with Crippen LogP contribution in [0.25, 0.3) is 0 Å². The smallest absolute Gasteiger partial charge is 0.321 e. The number of urea groups is 1. The second-order valence-electron chi connectivity index (χ2n) is 6.98. The number of morpholine rings is 1. The van der Waals surface area contributed by atoms with Crippen LogP contribution in [0.2, 0.25) is 0 Å². The summed E-state index contributed by atoms with van der Waals surface area (Å²) in [5.74, 6) is -0.247. The van der Waals surface area contributed by atoms with Gasteiger partial charge in [0.1, 0.15) is 0 Å². The van der Waals surface area contributed by atoms with Crippen LogP contribution in [0, 0.1) is 0 Å². The number of carbonyl (C=O) groups excluding carboxylic acids is 2. The van der Waals surface area contributed by atoms with Gasteiger partial charge in [-0.25, -0.2) is 4.79 Å². The Labute approximate surface area is 126 Å². The lowest BCUT2D eigenvalue weighted by Crippen LogP contribution is -2.56. The number of rotatable bonds is 2. The Kier molecular flexibility index (Phi) is 5.22. The molecule has 0 aromatic carbocycles. The molecular formula is C15H27N3O3. The molecule has 0 radical (unpaired) electrons. The van der Waals surface area contributed by atoms with E-state index >= 15 is 0 Å². The Morgan fingerprint density at radius 3 is 2.67 bits per heavy atom. The number of imide groups is 1. The van der Waals surface area contributed by atoms with Gasteiger partial charge in [-0.15, -0.1) is 0 Å². The minimum atomic E-state index is -0.430. The lowest BCUT2D eigenvalue weighted by molar-refractivity contribution is -0.128. The average molecular weight is 297 g/mol. The van der Waals surface area contributed by atoms with Crippen LogP contribution in [0.15, 0.2) is 0 Å². The predicted octanol–water partition coefficient (Wildman–Crippen LogP) is 1.25. The number of hydrogen-bond acceptors (Lipinski definition) is 4. The lowest BCUT2D eigenvalue weighted by atomic mass is 9.90. The molecule has 2 rings (SSSR count). The summed E-state index contributed by atoms with van der Waals surface area (Å²) in [5, 5.41) is 5.14. The molecule has 1 heterocycles. The fraction of sp³-hybridized carbons (Fsp3) is 0.867. The molecule has 1 aliphatic heterocycles. The number of amides is 3. The first-order chi connectivity index (χ1) is 9.85. The van der Waals surface area contributed by atoms with E-state index in [0.717, 1.165) is 19.4 Å². The highest BCUT2D eigenvalue weighted by molar-refractivity contribution is 5.95. The standard InChI is InChI=1S/C15H27N3O3/c1-15(2,3)17-14(20)16-13(19)10-18-8-9-21-12-7-5-4-6-11(12)18/h11-12H,4-10H2,1-3H3,(H2,16,17,19,20)/t11-,12+/m1/s1. The van der Waals surface area contributed by atoms with Gasteiger partial charge in [-0.1, -0.05) is 12.8 Å². The van der Waals surface area contributed by atoms with Gasteiger partial charge in [0.25, 0.3) is 0 Å². The van der Waals surface area contributed by atoms with Gasteiger partial charge in [0.15, 0.2) is 0 Å². The molecule has 3 amide bonds. The molecule has 21 heavy (non-hydrogen) atoms. The molecule has 0 aromatic rings. The van der Waals surface area contributed by atoms with Crippen molar-refractivity contribution < 1.29 is 14.3 Å². The third kappa shape index (κ3) is 4.97. The number of ether oxygens (including phenoxy) is 1. The van der Waals surface area contributed by atoms with E-state index in [0.29, 0.717) is 12.6 Å². The second kappa shape index (κ2) is 6.75. The van der Waals surface area contributed by atoms with Gasteiger partial charge in [-0.3, -0.25) is 15.0 Å². The monoisotopic (exact) mass is 297 g/mol. The molecule has 2 atom stereocenters. The van der Waals surface area contributed by atoms with E-state index < -0.39 is 6.03 Å². The molecule has 0 unspecified atom stereocenters. The van der Waals surface area contributed by atoms with E-state index in [1.54, 1.807) is 0 Å². The first kappa shape index (κ1) is 16.2. The Morgan fingerprint density at radius 1 is 1.24 bits per heavy atom. The second-order valence-corrected chi connectivity index (χ2v) is 6.98. The number of hydrogen-bond donors (Lipinski definition) is 2. The molecule has 2 N–H and O–H groups in total. The third-order valence-electron chi connectivity index (χ3n) is 3.94. The maximum atomic E-state index is 12.0. The average Bonchev–Trinajstić information content (AvgIpc) is 2.36.